The predicted octanol–water partition coefficient (Wildman–Crippen LogP) is 19.2. The van der Waals surface area contributed by atoms with Crippen molar-refractivity contribution >= 4 is 5.91 Å². The number of unbranched alkanes of at least 4 members (excludes halogenated alkanes) is 49. The number of hydrogen-bond donors (Lipinski definition) is 5. The van der Waals surface area contributed by atoms with Crippen LogP contribution in [0.3, 0.4) is 0 Å². The molecule has 4 unspecified atom stereocenters. The van der Waals surface area contributed by atoms with Gasteiger partial charge in [-0.2, -0.15) is 0 Å². The first-order chi connectivity index (χ1) is 34.5. The van der Waals surface area contributed by atoms with Gasteiger partial charge in [0.1, 0.15) is 12.2 Å². The third-order valence-corrected chi connectivity index (χ3v) is 15.5. The lowest BCUT2D eigenvalue weighted by Gasteiger charge is -2.27. The second kappa shape index (κ2) is 58.9. The molecule has 0 aromatic rings. The number of nitrogens with one attached hydrogen (secondary N) is 1. The van der Waals surface area contributed by atoms with E-state index < -0.39 is 36.9 Å². The molecule has 0 aliphatic carbocycles. The van der Waals surface area contributed by atoms with E-state index in [9.17, 15) is 25.2 Å². The molecular formula is C64H127NO5. The molecule has 0 rings (SSSR count). The van der Waals surface area contributed by atoms with Gasteiger partial charge in [0.05, 0.1) is 18.8 Å². The molecule has 5 N–H and O–H groups in total. The first-order valence-electron chi connectivity index (χ1n) is 32.1. The Kier molecular flexibility index (Phi) is 58.1. The normalized spacial score (nSPS) is 13.6. The van der Waals surface area contributed by atoms with Crippen molar-refractivity contribution in [2.75, 3.05) is 6.61 Å². The Morgan fingerprint density at radius 2 is 0.586 bits per heavy atom. The van der Waals surface area contributed by atoms with E-state index in [2.05, 4.69) is 31.3 Å². The van der Waals surface area contributed by atoms with Crippen LogP contribution in [0.4, 0.5) is 0 Å². The highest BCUT2D eigenvalue weighted by Gasteiger charge is 2.28. The van der Waals surface area contributed by atoms with Crippen molar-refractivity contribution in [3.63, 3.8) is 0 Å². The molecule has 6 nitrogen and oxygen atoms in total. The summed E-state index contributed by atoms with van der Waals surface area (Å²) < 4.78 is 0. The largest absolute Gasteiger partial charge is 0.394 e. The lowest BCUT2D eigenvalue weighted by atomic mass is 10.00. The van der Waals surface area contributed by atoms with Crippen LogP contribution in [0, 0.1) is 0 Å². The van der Waals surface area contributed by atoms with E-state index in [1.807, 2.05) is 0 Å². The number of carbonyl (C=O) groups is 1. The molecule has 70 heavy (non-hydrogen) atoms. The molecule has 0 radical (unpaired) electrons. The zero-order chi connectivity index (χ0) is 50.9. The van der Waals surface area contributed by atoms with Crippen molar-refractivity contribution in [1.82, 2.24) is 5.32 Å². The lowest BCUT2D eigenvalue weighted by Crippen LogP contribution is -2.53. The van der Waals surface area contributed by atoms with Crippen LogP contribution in [-0.2, 0) is 4.79 Å². The maximum Gasteiger partial charge on any atom is 0.249 e. The van der Waals surface area contributed by atoms with Gasteiger partial charge in [0, 0.05) is 0 Å². The fourth-order valence-corrected chi connectivity index (χ4v) is 10.5. The van der Waals surface area contributed by atoms with Crippen LogP contribution in [0.5, 0.6) is 0 Å². The van der Waals surface area contributed by atoms with Gasteiger partial charge in [0.25, 0.3) is 0 Å². The Morgan fingerprint density at radius 3 is 0.857 bits per heavy atom. The molecule has 0 bridgehead atoms. The number of rotatable bonds is 60. The van der Waals surface area contributed by atoms with Gasteiger partial charge < -0.3 is 25.7 Å². The van der Waals surface area contributed by atoms with Crippen LogP contribution in [0.1, 0.15) is 361 Å². The maximum absolute atomic E-state index is 12.6. The molecule has 0 aliphatic rings. The van der Waals surface area contributed by atoms with Gasteiger partial charge in [-0.3, -0.25) is 4.79 Å². The number of allylic oxidation sites excluding steroid dienone is 2. The number of aliphatic hydroxyl groups excluding tert-OH is 4. The average Bonchev–Trinajstić information content (AvgIpc) is 3.36. The minimum atomic E-state index is -1.28. The van der Waals surface area contributed by atoms with Gasteiger partial charge in [0.2, 0.25) is 5.91 Å². The Morgan fingerprint density at radius 1 is 0.343 bits per heavy atom. The zero-order valence-corrected chi connectivity index (χ0v) is 47.6. The minimum absolute atomic E-state index is 0.369. The van der Waals surface area contributed by atoms with Gasteiger partial charge >= 0.3 is 0 Å². The van der Waals surface area contributed by atoms with Crippen molar-refractivity contribution in [1.29, 1.82) is 0 Å². The molecule has 0 aliphatic heterocycles. The van der Waals surface area contributed by atoms with Crippen LogP contribution in [0.25, 0.3) is 0 Å². The van der Waals surface area contributed by atoms with Crippen molar-refractivity contribution in [2.24, 2.45) is 0 Å². The highest BCUT2D eigenvalue weighted by atomic mass is 16.3. The number of hydrogen-bond acceptors (Lipinski definition) is 5. The predicted molar refractivity (Wildman–Crippen MR) is 307 cm³/mol. The summed E-state index contributed by atoms with van der Waals surface area (Å²) in [7, 11) is 0. The molecule has 0 saturated heterocycles. The molecule has 0 aromatic heterocycles. The molecule has 0 heterocycles. The summed E-state index contributed by atoms with van der Waals surface area (Å²) in [5.74, 6) is -0.585. The van der Waals surface area contributed by atoms with E-state index in [4.69, 9.17) is 0 Å². The van der Waals surface area contributed by atoms with Gasteiger partial charge in [-0.05, 0) is 38.5 Å². The molecule has 6 heteroatoms. The quantitative estimate of drug-likeness (QED) is 0.0308. The number of amides is 1. The fourth-order valence-electron chi connectivity index (χ4n) is 10.5. The molecule has 0 aromatic carbocycles. The molecule has 0 saturated carbocycles. The second-order valence-electron chi connectivity index (χ2n) is 22.5. The molecule has 1 amide bonds. The van der Waals surface area contributed by atoms with Crippen molar-refractivity contribution < 1.29 is 25.2 Å². The summed E-state index contributed by atoms with van der Waals surface area (Å²) in [4.78, 5) is 12.6. The highest BCUT2D eigenvalue weighted by molar-refractivity contribution is 5.80. The lowest BCUT2D eigenvalue weighted by molar-refractivity contribution is -0.132. The molecule has 0 fully saturated rings. The van der Waals surface area contributed by atoms with Gasteiger partial charge in [0.15, 0.2) is 0 Å². The minimum Gasteiger partial charge on any atom is -0.394 e. The summed E-state index contributed by atoms with van der Waals surface area (Å²) in [6.07, 6.45) is 71.8. The van der Waals surface area contributed by atoms with E-state index in [1.54, 1.807) is 0 Å². The van der Waals surface area contributed by atoms with Crippen LogP contribution >= 0.6 is 0 Å². The van der Waals surface area contributed by atoms with E-state index >= 15 is 0 Å². The fraction of sp³-hybridized carbons (Fsp3) is 0.953. The van der Waals surface area contributed by atoms with Crippen LogP contribution in [-0.4, -0.2) is 57.3 Å². The molecule has 4 atom stereocenters. The molecule has 0 spiro atoms. The van der Waals surface area contributed by atoms with Gasteiger partial charge in [-0.1, -0.05) is 334 Å². The summed E-state index contributed by atoms with van der Waals surface area (Å²) in [6.45, 7) is 4.10. The number of carbonyl (C=O) groups excluding carboxylic acids is 1. The van der Waals surface area contributed by atoms with E-state index in [1.165, 1.54) is 295 Å². The smallest absolute Gasteiger partial charge is 0.249 e. The summed E-state index contributed by atoms with van der Waals surface area (Å²) >= 11 is 0. The molecule has 418 valence electrons. The Balaban J connectivity index is 3.55. The monoisotopic (exact) mass is 990 g/mol. The average molecular weight is 991 g/mol. The third kappa shape index (κ3) is 51.9. The zero-order valence-electron chi connectivity index (χ0n) is 47.6. The maximum atomic E-state index is 12.6. The standard InChI is InChI=1S/C64H127NO5/c1-3-5-7-9-11-13-15-17-19-21-23-25-27-28-29-30-31-32-33-34-35-36-38-40-42-44-46-48-50-52-54-56-58-62(68)64(70)65-60(59-66)63(69)61(67)57-55-53-51-49-47-45-43-41-39-37-26-24-22-20-18-16-14-12-10-8-6-4-2/h49,51,60-63,66-69H,3-48,50,52-59H2,1-2H3,(H,65,70)/b51-49+. The van der Waals surface area contributed by atoms with Gasteiger partial charge in [-0.15, -0.1) is 0 Å². The Hall–Kier alpha value is -0.950. The SMILES string of the molecule is CCCCCCCCCCCCCCCCCCC/C=C/CCCC(O)C(O)C(CO)NC(=O)C(O)CCCCCCCCCCCCCCCCCCCCCCCCCCCCCCCCCC. The van der Waals surface area contributed by atoms with E-state index in [0.29, 0.717) is 12.8 Å². The summed E-state index contributed by atoms with van der Waals surface area (Å²) in [5.41, 5.74) is 0. The van der Waals surface area contributed by atoms with Gasteiger partial charge in [-0.25, -0.2) is 0 Å². The first-order valence-corrected chi connectivity index (χ1v) is 32.1. The van der Waals surface area contributed by atoms with Crippen LogP contribution in [0.2, 0.25) is 0 Å². The Bertz CT molecular complexity index is 1020. The highest BCUT2D eigenvalue weighted by Crippen LogP contribution is 2.19. The number of aliphatic hydroxyl groups is 4. The van der Waals surface area contributed by atoms with Crippen molar-refractivity contribution in [3.05, 3.63) is 12.2 Å². The van der Waals surface area contributed by atoms with Crippen LogP contribution in [0.15, 0.2) is 12.2 Å². The van der Waals surface area contributed by atoms with Crippen molar-refractivity contribution in [3.8, 4) is 0 Å². The summed E-state index contributed by atoms with van der Waals surface area (Å²) in [5, 5.41) is 44.1. The first kappa shape index (κ1) is 69.0. The molecular weight excluding hydrogens is 863 g/mol. The van der Waals surface area contributed by atoms with Crippen molar-refractivity contribution in [2.45, 2.75) is 385 Å². The second-order valence-corrected chi connectivity index (χ2v) is 22.5. The van der Waals surface area contributed by atoms with E-state index in [-0.39, 0.29) is 0 Å². The summed E-state index contributed by atoms with van der Waals surface area (Å²) in [6, 6.07) is -0.999. The third-order valence-electron chi connectivity index (χ3n) is 15.5. The van der Waals surface area contributed by atoms with Crippen LogP contribution < -0.4 is 5.32 Å². The van der Waals surface area contributed by atoms with E-state index in [0.717, 1.165) is 38.5 Å². The topological polar surface area (TPSA) is 110 Å². The Labute approximate surface area is 438 Å².